The highest BCUT2D eigenvalue weighted by atomic mass is 15.4. The van der Waals surface area contributed by atoms with Crippen LogP contribution >= 0.6 is 0 Å². The maximum atomic E-state index is 4.42. The number of hydrogen-bond acceptors (Lipinski definition) is 5. The van der Waals surface area contributed by atoms with Crippen molar-refractivity contribution in [2.75, 3.05) is 11.4 Å². The van der Waals surface area contributed by atoms with Crippen LogP contribution in [0.2, 0.25) is 0 Å². The summed E-state index contributed by atoms with van der Waals surface area (Å²) in [4.78, 5) is 11.0. The standard InChI is InChI=1S/C14H17N7/c1-10-6-13(21-14(18-10)15-9-17-21)20-5-3-4-12(20)11-7-16-19(2)8-11/h6-9,12H,3-5H2,1-2H3. The Labute approximate surface area is 122 Å². The zero-order valence-electron chi connectivity index (χ0n) is 12.1. The summed E-state index contributed by atoms with van der Waals surface area (Å²) in [7, 11) is 1.95. The number of fused-ring (bicyclic) bond motifs is 1. The Balaban J connectivity index is 1.81. The Morgan fingerprint density at radius 1 is 1.29 bits per heavy atom. The fourth-order valence-corrected chi connectivity index (χ4v) is 3.12. The van der Waals surface area contributed by atoms with Gasteiger partial charge in [0.05, 0.1) is 12.2 Å². The van der Waals surface area contributed by atoms with E-state index in [1.807, 2.05) is 29.4 Å². The van der Waals surface area contributed by atoms with Gasteiger partial charge in [0.2, 0.25) is 0 Å². The van der Waals surface area contributed by atoms with Gasteiger partial charge in [-0.2, -0.15) is 19.7 Å². The molecule has 0 aromatic carbocycles. The van der Waals surface area contributed by atoms with Gasteiger partial charge in [-0.25, -0.2) is 4.98 Å². The highest BCUT2D eigenvalue weighted by molar-refractivity contribution is 5.50. The van der Waals surface area contributed by atoms with E-state index in [0.717, 1.165) is 30.9 Å². The summed E-state index contributed by atoms with van der Waals surface area (Å²) in [6, 6.07) is 2.42. The lowest BCUT2D eigenvalue weighted by molar-refractivity contribution is 0.694. The van der Waals surface area contributed by atoms with E-state index in [2.05, 4.69) is 37.3 Å². The lowest BCUT2D eigenvalue weighted by Gasteiger charge is -2.26. The van der Waals surface area contributed by atoms with Gasteiger partial charge in [-0.15, -0.1) is 0 Å². The molecule has 0 amide bonds. The molecular weight excluding hydrogens is 266 g/mol. The van der Waals surface area contributed by atoms with Gasteiger partial charge >= 0.3 is 0 Å². The van der Waals surface area contributed by atoms with Crippen LogP contribution in [0.25, 0.3) is 5.78 Å². The van der Waals surface area contributed by atoms with Gasteiger partial charge in [0.1, 0.15) is 12.1 Å². The average molecular weight is 283 g/mol. The summed E-state index contributed by atoms with van der Waals surface area (Å²) in [5, 5.41) is 8.62. The Hall–Kier alpha value is -2.44. The SMILES string of the molecule is Cc1cc(N2CCCC2c2cnn(C)c2)n2ncnc2n1. The van der Waals surface area contributed by atoms with Gasteiger partial charge in [0, 0.05) is 37.1 Å². The largest absolute Gasteiger partial charge is 0.349 e. The number of rotatable bonds is 2. The van der Waals surface area contributed by atoms with Crippen LogP contribution in [-0.4, -0.2) is 35.9 Å². The first-order chi connectivity index (χ1) is 10.2. The van der Waals surface area contributed by atoms with E-state index in [4.69, 9.17) is 0 Å². The topological polar surface area (TPSA) is 64.1 Å². The van der Waals surface area contributed by atoms with Gasteiger partial charge in [-0.3, -0.25) is 4.68 Å². The zero-order valence-corrected chi connectivity index (χ0v) is 12.1. The molecule has 0 aliphatic carbocycles. The van der Waals surface area contributed by atoms with Crippen molar-refractivity contribution in [3.63, 3.8) is 0 Å². The number of nitrogens with zero attached hydrogens (tertiary/aromatic N) is 7. The van der Waals surface area contributed by atoms with Crippen LogP contribution in [0.1, 0.15) is 30.1 Å². The van der Waals surface area contributed by atoms with E-state index in [1.165, 1.54) is 5.56 Å². The maximum absolute atomic E-state index is 4.42. The molecular formula is C14H17N7. The molecule has 1 fully saturated rings. The molecule has 1 aliphatic heterocycles. The first-order valence-electron chi connectivity index (χ1n) is 7.15. The molecule has 4 rings (SSSR count). The molecule has 21 heavy (non-hydrogen) atoms. The fourth-order valence-electron chi connectivity index (χ4n) is 3.12. The number of aryl methyl sites for hydroxylation is 2. The Morgan fingerprint density at radius 2 is 2.19 bits per heavy atom. The summed E-state index contributed by atoms with van der Waals surface area (Å²) < 4.78 is 3.68. The zero-order chi connectivity index (χ0) is 14.4. The average Bonchev–Trinajstić information content (AvgIpc) is 3.15. The minimum atomic E-state index is 0.341. The van der Waals surface area contributed by atoms with Crippen molar-refractivity contribution in [1.29, 1.82) is 0 Å². The van der Waals surface area contributed by atoms with Crippen molar-refractivity contribution in [3.05, 3.63) is 36.0 Å². The molecule has 7 nitrogen and oxygen atoms in total. The third-order valence-electron chi connectivity index (χ3n) is 4.02. The van der Waals surface area contributed by atoms with Gasteiger partial charge < -0.3 is 4.90 Å². The summed E-state index contributed by atoms with van der Waals surface area (Å²) in [6.07, 6.45) is 7.89. The van der Waals surface area contributed by atoms with E-state index >= 15 is 0 Å². The van der Waals surface area contributed by atoms with Crippen LogP contribution < -0.4 is 4.90 Å². The molecule has 0 saturated carbocycles. The van der Waals surface area contributed by atoms with Crippen LogP contribution in [0.4, 0.5) is 5.82 Å². The Kier molecular flexibility index (Phi) is 2.66. The lowest BCUT2D eigenvalue weighted by Crippen LogP contribution is -2.25. The molecule has 0 bridgehead atoms. The van der Waals surface area contributed by atoms with Crippen LogP contribution in [0.15, 0.2) is 24.8 Å². The second-order valence-electron chi connectivity index (χ2n) is 5.53. The molecule has 1 saturated heterocycles. The number of aromatic nitrogens is 6. The van der Waals surface area contributed by atoms with Crippen LogP contribution in [-0.2, 0) is 7.05 Å². The quantitative estimate of drug-likeness (QED) is 0.713. The molecule has 3 aromatic rings. The maximum Gasteiger partial charge on any atom is 0.254 e. The Bertz CT molecular complexity index is 788. The molecule has 1 aliphatic rings. The van der Waals surface area contributed by atoms with E-state index in [-0.39, 0.29) is 0 Å². The second kappa shape index (κ2) is 4.54. The second-order valence-corrected chi connectivity index (χ2v) is 5.53. The van der Waals surface area contributed by atoms with E-state index in [0.29, 0.717) is 11.8 Å². The van der Waals surface area contributed by atoms with Crippen molar-refractivity contribution in [1.82, 2.24) is 29.4 Å². The molecule has 0 radical (unpaired) electrons. The van der Waals surface area contributed by atoms with Crippen LogP contribution in [0, 0.1) is 6.92 Å². The van der Waals surface area contributed by atoms with Crippen molar-refractivity contribution in [2.24, 2.45) is 7.05 Å². The van der Waals surface area contributed by atoms with E-state index < -0.39 is 0 Å². The predicted octanol–water partition coefficient (Wildman–Crippen LogP) is 1.51. The van der Waals surface area contributed by atoms with Gasteiger partial charge in [-0.1, -0.05) is 0 Å². The monoisotopic (exact) mass is 283 g/mol. The van der Waals surface area contributed by atoms with Gasteiger partial charge in [0.25, 0.3) is 5.78 Å². The molecule has 3 aromatic heterocycles. The number of hydrogen-bond donors (Lipinski definition) is 0. The van der Waals surface area contributed by atoms with Crippen molar-refractivity contribution >= 4 is 11.6 Å². The molecule has 1 unspecified atom stereocenters. The third-order valence-corrected chi connectivity index (χ3v) is 4.02. The lowest BCUT2D eigenvalue weighted by atomic mass is 10.1. The minimum Gasteiger partial charge on any atom is -0.349 e. The minimum absolute atomic E-state index is 0.341. The predicted molar refractivity (Wildman–Crippen MR) is 78.0 cm³/mol. The highest BCUT2D eigenvalue weighted by Gasteiger charge is 2.29. The first kappa shape index (κ1) is 12.3. The van der Waals surface area contributed by atoms with Gasteiger partial charge in [-0.05, 0) is 19.8 Å². The van der Waals surface area contributed by atoms with Crippen molar-refractivity contribution in [3.8, 4) is 0 Å². The normalized spacial score (nSPS) is 18.8. The fraction of sp³-hybridized carbons (Fsp3) is 0.429. The van der Waals surface area contributed by atoms with E-state index in [1.54, 1.807) is 6.33 Å². The molecule has 0 spiro atoms. The summed E-state index contributed by atoms with van der Waals surface area (Å²) >= 11 is 0. The van der Waals surface area contributed by atoms with E-state index in [9.17, 15) is 0 Å². The number of anilines is 1. The highest BCUT2D eigenvalue weighted by Crippen LogP contribution is 2.35. The van der Waals surface area contributed by atoms with Crippen LogP contribution in [0.5, 0.6) is 0 Å². The molecule has 1 atom stereocenters. The molecule has 7 heteroatoms. The molecule has 4 heterocycles. The molecule has 108 valence electrons. The van der Waals surface area contributed by atoms with Crippen LogP contribution in [0.3, 0.4) is 0 Å². The van der Waals surface area contributed by atoms with Crippen molar-refractivity contribution < 1.29 is 0 Å². The molecule has 0 N–H and O–H groups in total. The summed E-state index contributed by atoms with van der Waals surface area (Å²) in [5.74, 6) is 1.71. The van der Waals surface area contributed by atoms with Gasteiger partial charge in [0.15, 0.2) is 0 Å². The Morgan fingerprint density at radius 3 is 3.00 bits per heavy atom. The van der Waals surface area contributed by atoms with Crippen molar-refractivity contribution in [2.45, 2.75) is 25.8 Å². The summed E-state index contributed by atoms with van der Waals surface area (Å²) in [6.45, 7) is 3.01. The first-order valence-corrected chi connectivity index (χ1v) is 7.15. The summed E-state index contributed by atoms with van der Waals surface area (Å²) in [5.41, 5.74) is 2.21. The third kappa shape index (κ3) is 1.96. The smallest absolute Gasteiger partial charge is 0.254 e.